The lowest BCUT2D eigenvalue weighted by Gasteiger charge is -2.40. The normalized spacial score (nSPS) is 18.9. The summed E-state index contributed by atoms with van der Waals surface area (Å²) >= 11 is 0. The van der Waals surface area contributed by atoms with E-state index in [0.717, 1.165) is 6.20 Å². The number of hydrogen-bond acceptors (Lipinski definition) is 4. The summed E-state index contributed by atoms with van der Waals surface area (Å²) in [4.78, 5) is 40.4. The van der Waals surface area contributed by atoms with Crippen LogP contribution < -0.4 is 5.32 Å². The van der Waals surface area contributed by atoms with Gasteiger partial charge in [-0.3, -0.25) is 14.4 Å². The number of pyridine rings is 1. The van der Waals surface area contributed by atoms with Crippen LogP contribution in [0.25, 0.3) is 0 Å². The van der Waals surface area contributed by atoms with Crippen molar-refractivity contribution in [3.05, 3.63) is 59.3 Å². The summed E-state index contributed by atoms with van der Waals surface area (Å²) in [7, 11) is 0. The average Bonchev–Trinajstić information content (AvgIpc) is 2.63. The number of nitrogens with one attached hydrogen (secondary N) is 1. The van der Waals surface area contributed by atoms with Crippen LogP contribution in [0.1, 0.15) is 40.4 Å². The van der Waals surface area contributed by atoms with Crippen molar-refractivity contribution in [2.45, 2.75) is 25.1 Å². The Bertz CT molecular complexity index is 960. The monoisotopic (exact) mass is 407 g/mol. The number of halogens is 3. The van der Waals surface area contributed by atoms with Gasteiger partial charge < -0.3 is 15.3 Å². The van der Waals surface area contributed by atoms with Crippen LogP contribution in [0.5, 0.6) is 0 Å². The van der Waals surface area contributed by atoms with Gasteiger partial charge in [0.05, 0.1) is 6.04 Å². The van der Waals surface area contributed by atoms with E-state index in [-0.39, 0.29) is 22.5 Å². The smallest absolute Gasteiger partial charge is 0.406 e. The molecule has 0 aliphatic carbocycles. The lowest BCUT2D eigenvalue weighted by Crippen LogP contribution is -2.48. The number of carboxylic acid groups (broad SMARTS) is 1. The minimum Gasteiger partial charge on any atom is -0.481 e. The number of alkyl halides is 3. The maximum Gasteiger partial charge on any atom is 0.406 e. The van der Waals surface area contributed by atoms with E-state index in [2.05, 4.69) is 10.3 Å². The molecule has 7 nitrogen and oxygen atoms in total. The molecule has 1 aromatic heterocycles. The second-order valence-corrected chi connectivity index (χ2v) is 6.55. The fourth-order valence-electron chi connectivity index (χ4n) is 3.43. The van der Waals surface area contributed by atoms with Crippen LogP contribution in [0.2, 0.25) is 0 Å². The van der Waals surface area contributed by atoms with Gasteiger partial charge in [0, 0.05) is 18.7 Å². The average molecular weight is 407 g/mol. The summed E-state index contributed by atoms with van der Waals surface area (Å²) in [6.45, 7) is -0.347. The molecule has 0 radical (unpaired) electrons. The van der Waals surface area contributed by atoms with Crippen LogP contribution in [0.4, 0.5) is 19.0 Å². The lowest BCUT2D eigenvalue weighted by molar-refractivity contribution is -0.153. The van der Waals surface area contributed by atoms with Gasteiger partial charge in [-0.2, -0.15) is 13.2 Å². The topological polar surface area (TPSA) is 99.6 Å². The highest BCUT2D eigenvalue weighted by Gasteiger charge is 2.47. The van der Waals surface area contributed by atoms with Gasteiger partial charge >= 0.3 is 12.1 Å². The van der Waals surface area contributed by atoms with Crippen LogP contribution in [-0.4, -0.2) is 45.5 Å². The SMILES string of the molecule is CC(=O)Nc1ccc(C2C(C(=O)O)c3ccccc3C(=O)N2CC(F)(F)F)cn1. The minimum atomic E-state index is -4.73. The molecule has 2 heterocycles. The molecular weight excluding hydrogens is 391 g/mol. The zero-order valence-electron chi connectivity index (χ0n) is 15.1. The Morgan fingerprint density at radius 3 is 2.45 bits per heavy atom. The van der Waals surface area contributed by atoms with E-state index < -0.39 is 42.5 Å². The Kier molecular flexibility index (Phi) is 5.27. The molecule has 3 rings (SSSR count). The molecular formula is C19H16F3N3O4. The number of carbonyl (C=O) groups excluding carboxylic acids is 2. The van der Waals surface area contributed by atoms with Gasteiger partial charge in [-0.15, -0.1) is 0 Å². The van der Waals surface area contributed by atoms with E-state index in [9.17, 15) is 32.7 Å². The van der Waals surface area contributed by atoms with Crippen LogP contribution in [0.15, 0.2) is 42.6 Å². The number of carboxylic acids is 1. The molecule has 2 unspecified atom stereocenters. The van der Waals surface area contributed by atoms with Gasteiger partial charge in [-0.25, -0.2) is 4.98 Å². The Morgan fingerprint density at radius 2 is 1.90 bits per heavy atom. The highest BCUT2D eigenvalue weighted by atomic mass is 19.4. The van der Waals surface area contributed by atoms with Gasteiger partial charge in [0.1, 0.15) is 18.3 Å². The molecule has 0 fully saturated rings. The van der Waals surface area contributed by atoms with Gasteiger partial charge in [-0.05, 0) is 23.3 Å². The first-order valence-electron chi connectivity index (χ1n) is 8.51. The Morgan fingerprint density at radius 1 is 1.21 bits per heavy atom. The van der Waals surface area contributed by atoms with Crippen molar-refractivity contribution >= 4 is 23.6 Å². The molecule has 1 aromatic carbocycles. The number of benzene rings is 1. The number of rotatable bonds is 4. The Balaban J connectivity index is 2.14. The van der Waals surface area contributed by atoms with Crippen molar-refractivity contribution in [2.24, 2.45) is 0 Å². The summed E-state index contributed by atoms with van der Waals surface area (Å²) < 4.78 is 39.6. The number of anilines is 1. The number of aromatic nitrogens is 1. The summed E-state index contributed by atoms with van der Waals surface area (Å²) in [5.74, 6) is -3.94. The van der Waals surface area contributed by atoms with E-state index in [1.165, 1.54) is 43.3 Å². The number of nitrogens with zero attached hydrogens (tertiary/aromatic N) is 2. The number of fused-ring (bicyclic) bond motifs is 1. The van der Waals surface area contributed by atoms with Crippen molar-refractivity contribution in [2.75, 3.05) is 11.9 Å². The van der Waals surface area contributed by atoms with Gasteiger partial charge in [-0.1, -0.05) is 24.3 Å². The van der Waals surface area contributed by atoms with Crippen molar-refractivity contribution < 1.29 is 32.7 Å². The zero-order chi connectivity index (χ0) is 21.3. The summed E-state index contributed by atoms with van der Waals surface area (Å²) in [5.41, 5.74) is 0.168. The number of aliphatic carboxylic acids is 1. The van der Waals surface area contributed by atoms with E-state index in [1.54, 1.807) is 0 Å². The van der Waals surface area contributed by atoms with E-state index >= 15 is 0 Å². The van der Waals surface area contributed by atoms with Crippen molar-refractivity contribution in [1.29, 1.82) is 0 Å². The molecule has 2 aromatic rings. The highest BCUT2D eigenvalue weighted by Crippen LogP contribution is 2.43. The Labute approximate surface area is 163 Å². The predicted octanol–water partition coefficient (Wildman–Crippen LogP) is 2.97. The molecule has 2 amide bonds. The second-order valence-electron chi connectivity index (χ2n) is 6.55. The zero-order valence-corrected chi connectivity index (χ0v) is 15.1. The highest BCUT2D eigenvalue weighted by molar-refractivity contribution is 6.00. The summed E-state index contributed by atoms with van der Waals surface area (Å²) in [6.07, 6.45) is -3.57. The largest absolute Gasteiger partial charge is 0.481 e. The van der Waals surface area contributed by atoms with Crippen LogP contribution in [0.3, 0.4) is 0 Å². The van der Waals surface area contributed by atoms with Gasteiger partial charge in [0.15, 0.2) is 0 Å². The first kappa shape index (κ1) is 20.3. The maximum absolute atomic E-state index is 13.2. The first-order chi connectivity index (χ1) is 13.6. The van der Waals surface area contributed by atoms with Crippen LogP contribution in [0, 0.1) is 0 Å². The van der Waals surface area contributed by atoms with Crippen LogP contribution >= 0.6 is 0 Å². The van der Waals surface area contributed by atoms with Crippen molar-refractivity contribution in [1.82, 2.24) is 9.88 Å². The second kappa shape index (κ2) is 7.53. The third-order valence-electron chi connectivity index (χ3n) is 4.49. The van der Waals surface area contributed by atoms with Crippen molar-refractivity contribution in [3.63, 3.8) is 0 Å². The van der Waals surface area contributed by atoms with Gasteiger partial charge in [0.25, 0.3) is 5.91 Å². The van der Waals surface area contributed by atoms with Crippen molar-refractivity contribution in [3.8, 4) is 0 Å². The molecule has 0 saturated heterocycles. The molecule has 152 valence electrons. The lowest BCUT2D eigenvalue weighted by atomic mass is 9.80. The summed E-state index contributed by atoms with van der Waals surface area (Å²) in [5, 5.41) is 12.2. The number of hydrogen-bond donors (Lipinski definition) is 2. The third kappa shape index (κ3) is 4.20. The molecule has 29 heavy (non-hydrogen) atoms. The molecule has 2 N–H and O–H groups in total. The molecule has 10 heteroatoms. The third-order valence-corrected chi connectivity index (χ3v) is 4.49. The molecule has 0 bridgehead atoms. The van der Waals surface area contributed by atoms with E-state index in [1.807, 2.05) is 0 Å². The fraction of sp³-hybridized carbons (Fsp3) is 0.263. The quantitative estimate of drug-likeness (QED) is 0.812. The predicted molar refractivity (Wildman–Crippen MR) is 95.2 cm³/mol. The number of amides is 2. The standard InChI is InChI=1S/C19H16F3N3O4/c1-10(26)24-14-7-6-11(8-23-14)16-15(18(28)29)12-4-2-3-5-13(12)17(27)25(16)9-19(20,21)22/h2-8,15-16H,9H2,1H3,(H,28,29)(H,23,24,26). The number of carbonyl (C=O) groups is 3. The van der Waals surface area contributed by atoms with Gasteiger partial charge in [0.2, 0.25) is 5.91 Å². The molecule has 1 aliphatic rings. The molecule has 1 aliphatic heterocycles. The fourth-order valence-corrected chi connectivity index (χ4v) is 3.43. The Hall–Kier alpha value is -3.43. The maximum atomic E-state index is 13.2. The molecule has 0 saturated carbocycles. The van der Waals surface area contributed by atoms with E-state index in [0.29, 0.717) is 4.90 Å². The van der Waals surface area contributed by atoms with Crippen LogP contribution in [-0.2, 0) is 9.59 Å². The minimum absolute atomic E-state index is 0.0803. The van der Waals surface area contributed by atoms with E-state index in [4.69, 9.17) is 0 Å². The molecule has 2 atom stereocenters. The summed E-state index contributed by atoms with van der Waals surface area (Å²) in [6, 6.07) is 6.99. The molecule has 0 spiro atoms. The first-order valence-corrected chi connectivity index (χ1v) is 8.51.